The van der Waals surface area contributed by atoms with Crippen molar-refractivity contribution in [1.29, 1.82) is 0 Å². The smallest absolute Gasteiger partial charge is 0.271 e. The molecule has 0 aliphatic rings. The number of nitrogens with one attached hydrogen (secondary N) is 1. The molecule has 3 aromatic heterocycles. The molecule has 25 heavy (non-hydrogen) atoms. The topological polar surface area (TPSA) is 59.3 Å². The summed E-state index contributed by atoms with van der Waals surface area (Å²) in [6.07, 6.45) is 5.43. The van der Waals surface area contributed by atoms with Gasteiger partial charge in [-0.1, -0.05) is 36.4 Å². The van der Waals surface area contributed by atoms with Gasteiger partial charge >= 0.3 is 0 Å². The summed E-state index contributed by atoms with van der Waals surface area (Å²) in [6.45, 7) is 0.378. The van der Waals surface area contributed by atoms with Gasteiger partial charge in [0.05, 0.1) is 12.2 Å². The average Bonchev–Trinajstić information content (AvgIpc) is 3.11. The van der Waals surface area contributed by atoms with Gasteiger partial charge in [0.25, 0.3) is 5.91 Å². The molecule has 0 saturated heterocycles. The number of aromatic nitrogens is 3. The fourth-order valence-corrected chi connectivity index (χ4v) is 2.67. The van der Waals surface area contributed by atoms with Gasteiger partial charge in [0.2, 0.25) is 0 Å². The predicted octanol–water partition coefficient (Wildman–Crippen LogP) is 3.33. The van der Waals surface area contributed by atoms with E-state index in [1.54, 1.807) is 12.4 Å². The minimum Gasteiger partial charge on any atom is -0.345 e. The molecule has 0 bridgehead atoms. The molecule has 1 amide bonds. The fourth-order valence-electron chi connectivity index (χ4n) is 2.67. The Kier molecular flexibility index (Phi) is 3.96. The van der Waals surface area contributed by atoms with E-state index in [1.165, 1.54) is 0 Å². The molecule has 0 saturated carbocycles. The summed E-state index contributed by atoms with van der Waals surface area (Å²) >= 11 is 0. The zero-order valence-electron chi connectivity index (χ0n) is 13.5. The Morgan fingerprint density at radius 3 is 2.56 bits per heavy atom. The van der Waals surface area contributed by atoms with E-state index in [0.29, 0.717) is 12.2 Å². The van der Waals surface area contributed by atoms with E-state index >= 15 is 0 Å². The summed E-state index contributed by atoms with van der Waals surface area (Å²) in [5.41, 5.74) is 4.14. The van der Waals surface area contributed by atoms with Crippen LogP contribution in [-0.2, 0) is 6.54 Å². The number of hydrogen-bond donors (Lipinski definition) is 1. The Morgan fingerprint density at radius 1 is 0.920 bits per heavy atom. The first-order valence-electron chi connectivity index (χ1n) is 8.02. The third-order valence-electron chi connectivity index (χ3n) is 3.95. The van der Waals surface area contributed by atoms with Crippen molar-refractivity contribution in [3.05, 3.63) is 90.6 Å². The van der Waals surface area contributed by atoms with Gasteiger partial charge in [-0.3, -0.25) is 9.78 Å². The van der Waals surface area contributed by atoms with Gasteiger partial charge in [0, 0.05) is 18.6 Å². The van der Waals surface area contributed by atoms with Gasteiger partial charge < -0.3 is 9.72 Å². The van der Waals surface area contributed by atoms with E-state index in [-0.39, 0.29) is 5.91 Å². The highest BCUT2D eigenvalue weighted by atomic mass is 16.1. The molecular weight excluding hydrogens is 312 g/mol. The van der Waals surface area contributed by atoms with Gasteiger partial charge in [-0.05, 0) is 35.4 Å². The summed E-state index contributed by atoms with van der Waals surface area (Å²) in [7, 11) is 0. The molecule has 3 heterocycles. The predicted molar refractivity (Wildman–Crippen MR) is 96.0 cm³/mol. The number of benzene rings is 1. The van der Waals surface area contributed by atoms with Crippen molar-refractivity contribution >= 4 is 11.6 Å². The summed E-state index contributed by atoms with van der Waals surface area (Å²) in [6, 6.07) is 19.6. The van der Waals surface area contributed by atoms with Crippen molar-refractivity contribution < 1.29 is 4.79 Å². The Balaban J connectivity index is 1.55. The quantitative estimate of drug-likeness (QED) is 0.625. The highest BCUT2D eigenvalue weighted by Crippen LogP contribution is 2.19. The lowest BCUT2D eigenvalue weighted by Gasteiger charge is -2.02. The van der Waals surface area contributed by atoms with Crippen LogP contribution < -0.4 is 5.32 Å². The maximum Gasteiger partial charge on any atom is 0.271 e. The van der Waals surface area contributed by atoms with Crippen LogP contribution in [-0.4, -0.2) is 20.3 Å². The molecule has 122 valence electrons. The highest BCUT2D eigenvalue weighted by molar-refractivity contribution is 5.92. The second-order valence-corrected chi connectivity index (χ2v) is 5.68. The molecule has 0 unspecified atom stereocenters. The first-order chi connectivity index (χ1) is 12.3. The van der Waals surface area contributed by atoms with Crippen molar-refractivity contribution in [2.45, 2.75) is 6.54 Å². The molecule has 1 N–H and O–H groups in total. The first kappa shape index (κ1) is 15.1. The lowest BCUT2D eigenvalue weighted by Crippen LogP contribution is -2.23. The number of hydrogen-bond acceptors (Lipinski definition) is 3. The van der Waals surface area contributed by atoms with Gasteiger partial charge in [0.1, 0.15) is 11.3 Å². The Hall–Kier alpha value is -3.47. The average molecular weight is 328 g/mol. The number of carbonyl (C=O) groups is 1. The molecule has 1 aromatic carbocycles. The van der Waals surface area contributed by atoms with Gasteiger partial charge in [-0.15, -0.1) is 0 Å². The molecule has 0 spiro atoms. The van der Waals surface area contributed by atoms with Crippen LogP contribution in [0.15, 0.2) is 79.3 Å². The Labute approximate surface area is 145 Å². The second-order valence-electron chi connectivity index (χ2n) is 5.68. The summed E-state index contributed by atoms with van der Waals surface area (Å²) < 4.78 is 1.87. The second kappa shape index (κ2) is 6.57. The first-order valence-corrected chi connectivity index (χ1v) is 8.02. The Morgan fingerprint density at radius 2 is 1.76 bits per heavy atom. The lowest BCUT2D eigenvalue weighted by molar-refractivity contribution is 0.0946. The molecule has 5 nitrogen and oxygen atoms in total. The molecule has 0 radical (unpaired) electrons. The van der Waals surface area contributed by atoms with Crippen LogP contribution in [0, 0.1) is 0 Å². The van der Waals surface area contributed by atoms with Crippen molar-refractivity contribution in [3.63, 3.8) is 0 Å². The Bertz CT molecular complexity index is 1010. The zero-order chi connectivity index (χ0) is 17.1. The fraction of sp³-hybridized carbons (Fsp3) is 0.0500. The van der Waals surface area contributed by atoms with Crippen LogP contribution in [0.1, 0.15) is 16.2 Å². The van der Waals surface area contributed by atoms with Gasteiger partial charge in [-0.25, -0.2) is 4.98 Å². The van der Waals surface area contributed by atoms with E-state index in [2.05, 4.69) is 27.4 Å². The number of imidazole rings is 1. The van der Waals surface area contributed by atoms with Crippen LogP contribution in [0.5, 0.6) is 0 Å². The van der Waals surface area contributed by atoms with Crippen LogP contribution in [0.4, 0.5) is 0 Å². The normalized spacial score (nSPS) is 10.7. The highest BCUT2D eigenvalue weighted by Gasteiger charge is 2.11. The monoisotopic (exact) mass is 328 g/mol. The molecule has 0 fully saturated rings. The van der Waals surface area contributed by atoms with Crippen molar-refractivity contribution in [3.8, 4) is 11.1 Å². The van der Waals surface area contributed by atoms with Crippen LogP contribution >= 0.6 is 0 Å². The van der Waals surface area contributed by atoms with Crippen molar-refractivity contribution in [2.24, 2.45) is 0 Å². The van der Waals surface area contributed by atoms with Crippen LogP contribution in [0.3, 0.4) is 0 Å². The van der Waals surface area contributed by atoms with Crippen molar-refractivity contribution in [2.75, 3.05) is 0 Å². The van der Waals surface area contributed by atoms with E-state index in [4.69, 9.17) is 0 Å². The molecular formula is C20H16N4O. The molecule has 0 aliphatic heterocycles. The molecule has 0 aliphatic carbocycles. The van der Waals surface area contributed by atoms with Gasteiger partial charge in [0.15, 0.2) is 0 Å². The SMILES string of the molecule is O=C(NCc1ccccn1)c1cn2cc(-c3ccccc3)ccc2n1. The minimum absolute atomic E-state index is 0.212. The van der Waals surface area contributed by atoms with E-state index in [1.807, 2.05) is 59.1 Å². The van der Waals surface area contributed by atoms with Crippen LogP contribution in [0.2, 0.25) is 0 Å². The van der Waals surface area contributed by atoms with Crippen molar-refractivity contribution in [1.82, 2.24) is 19.7 Å². The van der Waals surface area contributed by atoms with Gasteiger partial charge in [-0.2, -0.15) is 0 Å². The third kappa shape index (κ3) is 3.26. The van der Waals surface area contributed by atoms with E-state index < -0.39 is 0 Å². The number of nitrogens with zero attached hydrogens (tertiary/aromatic N) is 3. The number of pyridine rings is 2. The van der Waals surface area contributed by atoms with E-state index in [9.17, 15) is 4.79 Å². The van der Waals surface area contributed by atoms with E-state index in [0.717, 1.165) is 22.5 Å². The summed E-state index contributed by atoms with van der Waals surface area (Å²) in [5, 5.41) is 2.85. The molecule has 4 aromatic rings. The minimum atomic E-state index is -0.212. The summed E-state index contributed by atoms with van der Waals surface area (Å²) in [4.78, 5) is 20.9. The molecule has 0 atom stereocenters. The third-order valence-corrected chi connectivity index (χ3v) is 3.95. The molecule has 4 rings (SSSR count). The number of amides is 1. The number of fused-ring (bicyclic) bond motifs is 1. The zero-order valence-corrected chi connectivity index (χ0v) is 13.5. The standard InChI is InChI=1S/C20H16N4O/c25-20(22-12-17-8-4-5-11-21-17)18-14-24-13-16(9-10-19(24)23-18)15-6-2-1-3-7-15/h1-11,13-14H,12H2,(H,22,25). The maximum absolute atomic E-state index is 12.3. The number of rotatable bonds is 4. The largest absolute Gasteiger partial charge is 0.345 e. The van der Waals surface area contributed by atoms with Crippen LogP contribution in [0.25, 0.3) is 16.8 Å². The summed E-state index contributed by atoms with van der Waals surface area (Å²) in [5.74, 6) is -0.212. The lowest BCUT2D eigenvalue weighted by atomic mass is 10.1. The number of carbonyl (C=O) groups excluding carboxylic acids is 1. The maximum atomic E-state index is 12.3. The molecule has 5 heteroatoms.